The van der Waals surface area contributed by atoms with Crippen molar-refractivity contribution in [3.8, 4) is 0 Å². The zero-order valence-electron chi connectivity index (χ0n) is 27.3. The summed E-state index contributed by atoms with van der Waals surface area (Å²) >= 11 is 0. The number of rotatable bonds is 8. The van der Waals surface area contributed by atoms with Crippen molar-refractivity contribution in [2.75, 3.05) is 6.61 Å². The van der Waals surface area contributed by atoms with E-state index in [1.165, 1.54) is 0 Å². The highest BCUT2D eigenvalue weighted by molar-refractivity contribution is 7.92. The van der Waals surface area contributed by atoms with Crippen molar-refractivity contribution >= 4 is 34.8 Å². The Morgan fingerprint density at radius 2 is 1.05 bits per heavy atom. The molecule has 1 aliphatic rings. The van der Waals surface area contributed by atoms with Gasteiger partial charge < -0.3 is 18.0 Å². The van der Waals surface area contributed by atoms with Gasteiger partial charge in [0, 0.05) is 0 Å². The van der Waals surface area contributed by atoms with Crippen molar-refractivity contribution in [1.29, 1.82) is 0 Å². The SMILES string of the molecule is CC(C)(C)[Si](C)(C)O[C@@H]1[C@@H](O[Si](C)(C)C(C)(C)C)[C@H](O[Si](C)(C)C(C)(C)C)CO[C@H]1S(=O)(=O)c1ccccc1. The molecule has 1 aliphatic heterocycles. The summed E-state index contributed by atoms with van der Waals surface area (Å²) in [6, 6.07) is 8.56. The summed E-state index contributed by atoms with van der Waals surface area (Å²) in [7, 11) is -11.0. The van der Waals surface area contributed by atoms with E-state index < -0.39 is 58.5 Å². The molecule has 226 valence electrons. The number of sulfone groups is 1. The van der Waals surface area contributed by atoms with Crippen LogP contribution in [0, 0.1) is 0 Å². The second-order valence-electron chi connectivity index (χ2n) is 15.7. The largest absolute Gasteiger partial charge is 0.409 e. The number of ether oxygens (including phenoxy) is 1. The molecule has 6 nitrogen and oxygen atoms in total. The first-order valence-corrected chi connectivity index (χ1v) is 24.5. The molecule has 4 atom stereocenters. The third kappa shape index (κ3) is 7.74. The van der Waals surface area contributed by atoms with E-state index in [1.807, 2.05) is 6.07 Å². The van der Waals surface area contributed by atoms with Gasteiger partial charge in [-0.3, -0.25) is 0 Å². The van der Waals surface area contributed by atoms with Gasteiger partial charge >= 0.3 is 0 Å². The molecule has 1 fully saturated rings. The van der Waals surface area contributed by atoms with Gasteiger partial charge in [-0.05, 0) is 66.5 Å². The van der Waals surface area contributed by atoms with Crippen molar-refractivity contribution in [3.63, 3.8) is 0 Å². The summed E-state index contributed by atoms with van der Waals surface area (Å²) in [5, 5.41) is -0.248. The van der Waals surface area contributed by atoms with Crippen LogP contribution >= 0.6 is 0 Å². The lowest BCUT2D eigenvalue weighted by atomic mass is 10.1. The summed E-state index contributed by atoms with van der Waals surface area (Å²) in [4.78, 5) is 0.230. The summed E-state index contributed by atoms with van der Waals surface area (Å²) in [5.74, 6) is 0. The van der Waals surface area contributed by atoms with E-state index >= 15 is 0 Å². The minimum absolute atomic E-state index is 0.0305. The fourth-order valence-electron chi connectivity index (χ4n) is 3.71. The Morgan fingerprint density at radius 1 is 0.667 bits per heavy atom. The van der Waals surface area contributed by atoms with E-state index in [4.69, 9.17) is 18.0 Å². The molecule has 0 N–H and O–H groups in total. The molecule has 0 saturated carbocycles. The first kappa shape index (κ1) is 34.9. The molecule has 0 spiro atoms. The molecule has 1 aromatic rings. The Hall–Kier alpha value is -0.339. The van der Waals surface area contributed by atoms with Crippen molar-refractivity contribution in [1.82, 2.24) is 0 Å². The van der Waals surface area contributed by atoms with Gasteiger partial charge in [0.2, 0.25) is 9.84 Å². The summed E-state index contributed by atoms with van der Waals surface area (Å²) in [6.45, 7) is 33.0. The first-order valence-electron chi connectivity index (χ1n) is 14.2. The zero-order valence-corrected chi connectivity index (χ0v) is 31.1. The molecule has 1 saturated heterocycles. The van der Waals surface area contributed by atoms with Gasteiger partial charge in [0.1, 0.15) is 12.2 Å². The van der Waals surface area contributed by atoms with Crippen LogP contribution in [-0.4, -0.2) is 63.7 Å². The molecule has 0 aromatic heterocycles. The van der Waals surface area contributed by atoms with Crippen LogP contribution in [0.15, 0.2) is 35.2 Å². The van der Waals surface area contributed by atoms with Gasteiger partial charge in [-0.1, -0.05) is 80.5 Å². The topological polar surface area (TPSA) is 71.1 Å². The van der Waals surface area contributed by atoms with Gasteiger partial charge in [0.25, 0.3) is 0 Å². The second-order valence-corrected chi connectivity index (χ2v) is 32.0. The average Bonchev–Trinajstić information content (AvgIpc) is 2.73. The third-order valence-corrected chi connectivity index (χ3v) is 24.9. The molecule has 2 rings (SSSR count). The molecular formula is C29H56O6SSi3. The Kier molecular flexibility index (Phi) is 10.2. The Labute approximate surface area is 242 Å². The normalized spacial score (nSPS) is 24.6. The molecule has 39 heavy (non-hydrogen) atoms. The van der Waals surface area contributed by atoms with Crippen molar-refractivity contribution in [3.05, 3.63) is 30.3 Å². The van der Waals surface area contributed by atoms with Crippen LogP contribution in [0.25, 0.3) is 0 Å². The van der Waals surface area contributed by atoms with Gasteiger partial charge in [0.15, 0.2) is 30.4 Å². The van der Waals surface area contributed by atoms with E-state index in [9.17, 15) is 8.42 Å². The highest BCUT2D eigenvalue weighted by atomic mass is 32.2. The van der Waals surface area contributed by atoms with Crippen LogP contribution in [0.5, 0.6) is 0 Å². The average molecular weight is 617 g/mol. The minimum Gasteiger partial charge on any atom is -0.409 e. The Bertz CT molecular complexity index is 1070. The van der Waals surface area contributed by atoms with E-state index in [1.54, 1.807) is 24.3 Å². The lowest BCUT2D eigenvalue weighted by Crippen LogP contribution is -2.66. The Morgan fingerprint density at radius 3 is 1.46 bits per heavy atom. The molecular weight excluding hydrogens is 561 g/mol. The summed E-state index contributed by atoms with van der Waals surface area (Å²) < 4.78 is 55.7. The highest BCUT2D eigenvalue weighted by Crippen LogP contribution is 2.45. The summed E-state index contributed by atoms with van der Waals surface area (Å²) in [5.41, 5.74) is -1.19. The monoisotopic (exact) mass is 616 g/mol. The molecule has 0 unspecified atom stereocenters. The third-order valence-electron chi connectivity index (χ3n) is 9.49. The van der Waals surface area contributed by atoms with E-state index in [0.29, 0.717) is 0 Å². The Balaban J connectivity index is 2.75. The van der Waals surface area contributed by atoms with Gasteiger partial charge in [-0.2, -0.15) is 0 Å². The summed E-state index contributed by atoms with van der Waals surface area (Å²) in [6.07, 6.45) is -1.84. The molecule has 0 radical (unpaired) electrons. The van der Waals surface area contributed by atoms with Crippen LogP contribution in [0.2, 0.25) is 54.4 Å². The predicted molar refractivity (Wildman–Crippen MR) is 170 cm³/mol. The first-order chi connectivity index (χ1) is 17.2. The van der Waals surface area contributed by atoms with Gasteiger partial charge in [0.05, 0.1) is 17.6 Å². The van der Waals surface area contributed by atoms with Gasteiger partial charge in [-0.15, -0.1) is 0 Å². The van der Waals surface area contributed by atoms with Crippen LogP contribution in [0.4, 0.5) is 0 Å². The number of hydrogen-bond donors (Lipinski definition) is 0. The van der Waals surface area contributed by atoms with E-state index in [-0.39, 0.29) is 26.6 Å². The predicted octanol–water partition coefficient (Wildman–Crippen LogP) is 7.99. The van der Waals surface area contributed by atoms with Crippen LogP contribution in [0.3, 0.4) is 0 Å². The van der Waals surface area contributed by atoms with Crippen LogP contribution in [0.1, 0.15) is 62.3 Å². The second kappa shape index (κ2) is 11.4. The highest BCUT2D eigenvalue weighted by Gasteiger charge is 2.56. The zero-order chi connectivity index (χ0) is 30.5. The maximum Gasteiger partial charge on any atom is 0.207 e. The number of benzene rings is 1. The van der Waals surface area contributed by atoms with Gasteiger partial charge in [-0.25, -0.2) is 8.42 Å². The molecule has 1 aromatic carbocycles. The maximum absolute atomic E-state index is 14.1. The standard InChI is InChI=1S/C29H56O6SSi3/c1-27(2,3)37(10,11)33-23-21-32-26(36(30,31)22-19-17-16-18-20-22)25(35-39(14,15)29(7,8)9)24(23)34-38(12,13)28(4,5)6/h16-20,23-26H,21H2,1-15H3/t23-,24+,25-,26+/m1/s1. The fraction of sp³-hybridized carbons (Fsp3) is 0.793. The van der Waals surface area contributed by atoms with E-state index in [0.717, 1.165) is 0 Å². The molecule has 0 amide bonds. The van der Waals surface area contributed by atoms with Crippen LogP contribution in [-0.2, 0) is 27.9 Å². The number of hydrogen-bond acceptors (Lipinski definition) is 6. The quantitative estimate of drug-likeness (QED) is 0.276. The minimum atomic E-state index is -3.88. The molecule has 10 heteroatoms. The molecule has 0 bridgehead atoms. The van der Waals surface area contributed by atoms with Crippen molar-refractivity contribution < 1.29 is 26.4 Å². The fourth-order valence-corrected chi connectivity index (χ4v) is 9.36. The van der Waals surface area contributed by atoms with Crippen molar-refractivity contribution in [2.24, 2.45) is 0 Å². The van der Waals surface area contributed by atoms with Crippen molar-refractivity contribution in [2.45, 2.75) is 145 Å². The molecule has 0 aliphatic carbocycles. The molecule has 1 heterocycles. The maximum atomic E-state index is 14.1. The lowest BCUT2D eigenvalue weighted by Gasteiger charge is -2.52. The van der Waals surface area contributed by atoms with Crippen LogP contribution < -0.4 is 0 Å². The lowest BCUT2D eigenvalue weighted by molar-refractivity contribution is -0.148. The smallest absolute Gasteiger partial charge is 0.207 e. The van der Waals surface area contributed by atoms with E-state index in [2.05, 4.69) is 102 Å².